The fourth-order valence-corrected chi connectivity index (χ4v) is 4.62. The first kappa shape index (κ1) is 30.3. The van der Waals surface area contributed by atoms with Gasteiger partial charge in [0, 0.05) is 35.9 Å². The molecule has 0 radical (unpaired) electrons. The number of ether oxygens (including phenoxy) is 5. The number of carbonyl (C=O) groups is 1. The summed E-state index contributed by atoms with van der Waals surface area (Å²) < 4.78 is 42.6. The standard InChI is InChI=1S/C31H37FN2O6/c1-8-29(40-7)31(2,25-11-9-10-12-26(25)32)33-30(35)34(19-21-13-15-23(36-3)17-27(21)38-5)20-22-14-16-24(37-4)18-28(22)39-6/h8-18,29H,1,19-20H2,2-7H3,(H,33,35)/t29-,31+/m0/s1. The lowest BCUT2D eigenvalue weighted by Gasteiger charge is -2.38. The van der Waals surface area contributed by atoms with E-state index in [1.54, 1.807) is 82.7 Å². The average molecular weight is 553 g/mol. The molecule has 0 aliphatic heterocycles. The van der Waals surface area contributed by atoms with Gasteiger partial charge in [-0.25, -0.2) is 9.18 Å². The van der Waals surface area contributed by atoms with E-state index in [0.29, 0.717) is 23.0 Å². The van der Waals surface area contributed by atoms with Gasteiger partial charge in [-0.05, 0) is 37.3 Å². The van der Waals surface area contributed by atoms with Crippen LogP contribution in [0.1, 0.15) is 23.6 Å². The zero-order chi connectivity index (χ0) is 29.3. The molecule has 0 saturated heterocycles. The van der Waals surface area contributed by atoms with Gasteiger partial charge in [-0.3, -0.25) is 0 Å². The predicted octanol–water partition coefficient (Wildman–Crippen LogP) is 5.69. The molecule has 214 valence electrons. The van der Waals surface area contributed by atoms with Crippen molar-refractivity contribution in [3.05, 3.63) is 95.8 Å². The molecule has 8 nitrogen and oxygen atoms in total. The summed E-state index contributed by atoms with van der Waals surface area (Å²) in [4.78, 5) is 15.7. The SMILES string of the molecule is C=C[C@H](OC)[C@](C)(NC(=O)N(Cc1ccc(OC)cc1OC)Cc1ccc(OC)cc1OC)c1ccccc1F. The number of rotatable bonds is 13. The Kier molecular flexibility index (Phi) is 10.4. The topological polar surface area (TPSA) is 78.5 Å². The van der Waals surface area contributed by atoms with Gasteiger partial charge in [-0.1, -0.05) is 24.3 Å². The lowest BCUT2D eigenvalue weighted by atomic mass is 9.85. The van der Waals surface area contributed by atoms with E-state index in [2.05, 4.69) is 11.9 Å². The third-order valence-corrected chi connectivity index (χ3v) is 6.84. The first-order valence-corrected chi connectivity index (χ1v) is 12.6. The van der Waals surface area contributed by atoms with Crippen molar-refractivity contribution in [2.24, 2.45) is 0 Å². The first-order valence-electron chi connectivity index (χ1n) is 12.6. The molecule has 3 aromatic rings. The molecule has 3 aromatic carbocycles. The lowest BCUT2D eigenvalue weighted by Crippen LogP contribution is -2.55. The Labute approximate surface area is 235 Å². The summed E-state index contributed by atoms with van der Waals surface area (Å²) in [7, 11) is 7.73. The smallest absolute Gasteiger partial charge is 0.318 e. The van der Waals surface area contributed by atoms with Crippen LogP contribution in [-0.2, 0) is 23.4 Å². The Morgan fingerprint density at radius 3 is 1.85 bits per heavy atom. The van der Waals surface area contributed by atoms with Crippen molar-refractivity contribution in [1.29, 1.82) is 0 Å². The number of nitrogens with one attached hydrogen (secondary N) is 1. The Morgan fingerprint density at radius 2 is 1.43 bits per heavy atom. The molecule has 3 rings (SSSR count). The zero-order valence-corrected chi connectivity index (χ0v) is 23.8. The quantitative estimate of drug-likeness (QED) is 0.275. The van der Waals surface area contributed by atoms with Crippen LogP contribution >= 0.6 is 0 Å². The maximum Gasteiger partial charge on any atom is 0.318 e. The normalized spacial score (nSPS) is 13.0. The van der Waals surface area contributed by atoms with E-state index >= 15 is 4.39 Å². The van der Waals surface area contributed by atoms with Gasteiger partial charge in [-0.15, -0.1) is 6.58 Å². The van der Waals surface area contributed by atoms with Crippen molar-refractivity contribution < 1.29 is 32.9 Å². The second-order valence-corrected chi connectivity index (χ2v) is 9.22. The first-order chi connectivity index (χ1) is 19.2. The van der Waals surface area contributed by atoms with Gasteiger partial charge >= 0.3 is 6.03 Å². The summed E-state index contributed by atoms with van der Waals surface area (Å²) in [5, 5.41) is 3.03. The minimum atomic E-state index is -1.29. The van der Waals surface area contributed by atoms with E-state index in [1.807, 2.05) is 12.1 Å². The number of methoxy groups -OCH3 is 5. The average Bonchev–Trinajstić information content (AvgIpc) is 2.97. The molecule has 0 saturated carbocycles. The van der Waals surface area contributed by atoms with E-state index in [9.17, 15) is 4.79 Å². The highest BCUT2D eigenvalue weighted by Crippen LogP contribution is 2.32. The fraction of sp³-hybridized carbons (Fsp3) is 0.323. The van der Waals surface area contributed by atoms with E-state index in [0.717, 1.165) is 11.1 Å². The van der Waals surface area contributed by atoms with Crippen LogP contribution in [0.25, 0.3) is 0 Å². The van der Waals surface area contributed by atoms with E-state index in [4.69, 9.17) is 23.7 Å². The van der Waals surface area contributed by atoms with Crippen LogP contribution in [0.15, 0.2) is 73.3 Å². The maximum absolute atomic E-state index is 15.1. The second kappa shape index (κ2) is 13.7. The zero-order valence-electron chi connectivity index (χ0n) is 23.8. The molecule has 2 atom stereocenters. The molecule has 0 fully saturated rings. The van der Waals surface area contributed by atoms with Crippen LogP contribution in [0.3, 0.4) is 0 Å². The van der Waals surface area contributed by atoms with Gasteiger partial charge < -0.3 is 33.9 Å². The third kappa shape index (κ3) is 6.66. The summed E-state index contributed by atoms with van der Waals surface area (Å²) >= 11 is 0. The maximum atomic E-state index is 15.1. The molecular weight excluding hydrogens is 515 g/mol. The molecule has 1 N–H and O–H groups in total. The Morgan fingerprint density at radius 1 is 0.900 bits per heavy atom. The van der Waals surface area contributed by atoms with Crippen molar-refractivity contribution in [2.45, 2.75) is 31.7 Å². The predicted molar refractivity (Wildman–Crippen MR) is 152 cm³/mol. The lowest BCUT2D eigenvalue weighted by molar-refractivity contribution is 0.0565. The molecular formula is C31H37FN2O6. The highest BCUT2D eigenvalue weighted by atomic mass is 19.1. The van der Waals surface area contributed by atoms with Crippen molar-refractivity contribution in [3.63, 3.8) is 0 Å². The van der Waals surface area contributed by atoms with E-state index < -0.39 is 23.5 Å². The molecule has 40 heavy (non-hydrogen) atoms. The Balaban J connectivity index is 2.07. The number of carbonyl (C=O) groups excluding carboxylic acids is 1. The van der Waals surface area contributed by atoms with Crippen molar-refractivity contribution in [2.75, 3.05) is 35.5 Å². The largest absolute Gasteiger partial charge is 0.497 e. The summed E-state index contributed by atoms with van der Waals surface area (Å²) in [6.07, 6.45) is 0.803. The molecule has 0 unspecified atom stereocenters. The van der Waals surface area contributed by atoms with Gasteiger partial charge in [0.2, 0.25) is 0 Å². The number of hydrogen-bond donors (Lipinski definition) is 1. The van der Waals surface area contributed by atoms with Gasteiger partial charge in [0.15, 0.2) is 0 Å². The number of nitrogens with zero attached hydrogens (tertiary/aromatic N) is 1. The van der Waals surface area contributed by atoms with Crippen LogP contribution in [0.2, 0.25) is 0 Å². The molecule has 0 bridgehead atoms. The van der Waals surface area contributed by atoms with Crippen molar-refractivity contribution in [3.8, 4) is 23.0 Å². The number of halogens is 1. The Hall–Kier alpha value is -4.24. The summed E-state index contributed by atoms with van der Waals surface area (Å²) in [5.74, 6) is 1.87. The number of benzene rings is 3. The summed E-state index contributed by atoms with van der Waals surface area (Å²) in [5.41, 5.74) is 0.459. The minimum Gasteiger partial charge on any atom is -0.497 e. The molecule has 2 amide bonds. The van der Waals surface area contributed by atoms with Crippen LogP contribution in [0.5, 0.6) is 23.0 Å². The van der Waals surface area contributed by atoms with Crippen LogP contribution in [-0.4, -0.2) is 52.6 Å². The number of hydrogen-bond acceptors (Lipinski definition) is 6. The van der Waals surface area contributed by atoms with Gasteiger partial charge in [0.25, 0.3) is 0 Å². The third-order valence-electron chi connectivity index (χ3n) is 6.84. The molecule has 0 aliphatic rings. The van der Waals surface area contributed by atoms with Crippen LogP contribution in [0, 0.1) is 5.82 Å². The van der Waals surface area contributed by atoms with Crippen LogP contribution in [0.4, 0.5) is 9.18 Å². The molecule has 0 heterocycles. The van der Waals surface area contributed by atoms with Crippen molar-refractivity contribution >= 4 is 6.03 Å². The minimum absolute atomic E-state index is 0.160. The molecule has 0 aromatic heterocycles. The van der Waals surface area contributed by atoms with Gasteiger partial charge in [-0.2, -0.15) is 0 Å². The molecule has 9 heteroatoms. The highest BCUT2D eigenvalue weighted by molar-refractivity contribution is 5.76. The van der Waals surface area contributed by atoms with E-state index in [-0.39, 0.29) is 18.7 Å². The van der Waals surface area contributed by atoms with Gasteiger partial charge in [0.05, 0.1) is 47.1 Å². The number of amides is 2. The number of urea groups is 1. The fourth-order valence-electron chi connectivity index (χ4n) is 4.62. The Bertz CT molecular complexity index is 1260. The van der Waals surface area contributed by atoms with Gasteiger partial charge in [0.1, 0.15) is 34.9 Å². The summed E-state index contributed by atoms with van der Waals surface area (Å²) in [6, 6.07) is 16.6. The highest BCUT2D eigenvalue weighted by Gasteiger charge is 2.39. The molecule has 0 aliphatic carbocycles. The summed E-state index contributed by atoms with van der Waals surface area (Å²) in [6.45, 7) is 5.88. The second-order valence-electron chi connectivity index (χ2n) is 9.22. The van der Waals surface area contributed by atoms with E-state index in [1.165, 1.54) is 19.3 Å². The van der Waals surface area contributed by atoms with Crippen molar-refractivity contribution in [1.82, 2.24) is 10.2 Å². The van der Waals surface area contributed by atoms with Crippen LogP contribution < -0.4 is 24.3 Å². The monoisotopic (exact) mass is 552 g/mol. The molecule has 0 spiro atoms.